The largest absolute Gasteiger partial charge is 0.480 e. The van der Waals surface area contributed by atoms with Gasteiger partial charge in [-0.25, -0.2) is 0 Å². The van der Waals surface area contributed by atoms with Crippen LogP contribution in [0.15, 0.2) is 72.8 Å². The zero-order valence-corrected chi connectivity index (χ0v) is 18.4. The molecule has 0 heterocycles. The monoisotopic (exact) mass is 415 g/mol. The Balaban J connectivity index is 2.03. The summed E-state index contributed by atoms with van der Waals surface area (Å²) < 4.78 is 6.72. The fourth-order valence-electron chi connectivity index (χ4n) is 4.44. The zero-order valence-electron chi connectivity index (χ0n) is 18.4. The zero-order chi connectivity index (χ0) is 22.4. The van der Waals surface area contributed by atoms with Gasteiger partial charge in [-0.15, -0.1) is 0 Å². The van der Waals surface area contributed by atoms with Crippen LogP contribution >= 0.6 is 0 Å². The van der Waals surface area contributed by atoms with E-state index in [0.717, 1.165) is 27.8 Å². The highest BCUT2D eigenvalue weighted by Gasteiger charge is 2.48. The quantitative estimate of drug-likeness (QED) is 0.610. The molecule has 3 N–H and O–H groups in total. The number of carboxylic acid groups (broad SMARTS) is 1. The van der Waals surface area contributed by atoms with E-state index < -0.39 is 23.7 Å². The first kappa shape index (κ1) is 21.3. The molecule has 4 heteroatoms. The van der Waals surface area contributed by atoms with E-state index in [2.05, 4.69) is 51.1 Å². The number of carbonyl (C=O) groups is 1. The summed E-state index contributed by atoms with van der Waals surface area (Å²) in [5, 5.41) is 9.52. The van der Waals surface area contributed by atoms with Crippen LogP contribution in [-0.2, 0) is 20.5 Å². The van der Waals surface area contributed by atoms with Gasteiger partial charge >= 0.3 is 5.97 Å². The molecule has 4 nitrogen and oxygen atoms in total. The molecule has 0 spiro atoms. The molecule has 0 fully saturated rings. The molecule has 0 aliphatic heterocycles. The lowest BCUT2D eigenvalue weighted by Crippen LogP contribution is -2.46. The van der Waals surface area contributed by atoms with Gasteiger partial charge in [-0.2, -0.15) is 0 Å². The second-order valence-corrected chi connectivity index (χ2v) is 9.29. The summed E-state index contributed by atoms with van der Waals surface area (Å²) in [6.07, 6.45) is -0.713. The Morgan fingerprint density at radius 2 is 1.55 bits per heavy atom. The van der Waals surface area contributed by atoms with Crippen molar-refractivity contribution in [1.82, 2.24) is 0 Å². The van der Waals surface area contributed by atoms with E-state index in [9.17, 15) is 9.90 Å². The van der Waals surface area contributed by atoms with Crippen molar-refractivity contribution in [1.29, 1.82) is 0 Å². The Hall–Kier alpha value is -2.95. The average Bonchev–Trinajstić information content (AvgIpc) is 3.03. The van der Waals surface area contributed by atoms with Crippen molar-refractivity contribution in [3.8, 4) is 11.1 Å². The number of carboxylic acids is 1. The number of rotatable bonds is 5. The fourth-order valence-corrected chi connectivity index (χ4v) is 4.44. The summed E-state index contributed by atoms with van der Waals surface area (Å²) >= 11 is 0. The Labute approximate surface area is 183 Å². The maximum absolute atomic E-state index is 11.6. The molecular weight excluding hydrogens is 386 g/mol. The number of fused-ring (bicyclic) bond motifs is 3. The molecule has 3 aromatic carbocycles. The van der Waals surface area contributed by atoms with Crippen molar-refractivity contribution in [3.63, 3.8) is 0 Å². The van der Waals surface area contributed by atoms with E-state index >= 15 is 0 Å². The Morgan fingerprint density at radius 3 is 2.19 bits per heavy atom. The van der Waals surface area contributed by atoms with Gasteiger partial charge in [0.1, 0.15) is 11.6 Å². The standard InChI is InChI=1S/C27H29NO3/c1-17(24(28)25(29)30)31-27(18-10-6-5-7-11-18)22-13-9-8-12-20(22)21-15-14-19(16-23(21)27)26(2,3)4/h5-17,24H,28H2,1-4H3,(H,29,30)/t17-,24+,27?/m1/s1. The minimum absolute atomic E-state index is 0.0463. The van der Waals surface area contributed by atoms with Gasteiger partial charge in [0.25, 0.3) is 0 Å². The van der Waals surface area contributed by atoms with Crippen molar-refractivity contribution < 1.29 is 14.6 Å². The van der Waals surface area contributed by atoms with E-state index in [4.69, 9.17) is 10.5 Å². The van der Waals surface area contributed by atoms with E-state index in [1.165, 1.54) is 5.56 Å². The highest BCUT2D eigenvalue weighted by atomic mass is 16.5. The fraction of sp³-hybridized carbons (Fsp3) is 0.296. The predicted molar refractivity (Wildman–Crippen MR) is 123 cm³/mol. The predicted octanol–water partition coefficient (Wildman–Crippen LogP) is 5.07. The third-order valence-corrected chi connectivity index (χ3v) is 6.20. The molecule has 1 aliphatic carbocycles. The maximum atomic E-state index is 11.6. The normalized spacial score (nSPS) is 19.4. The molecule has 4 rings (SSSR count). The van der Waals surface area contributed by atoms with Crippen molar-refractivity contribution in [2.75, 3.05) is 0 Å². The van der Waals surface area contributed by atoms with Gasteiger partial charge in [-0.3, -0.25) is 4.79 Å². The molecular formula is C27H29NO3. The van der Waals surface area contributed by atoms with Crippen LogP contribution in [0, 0.1) is 0 Å². The third-order valence-electron chi connectivity index (χ3n) is 6.20. The lowest BCUT2D eigenvalue weighted by atomic mass is 9.80. The molecule has 0 aromatic heterocycles. The van der Waals surface area contributed by atoms with Gasteiger partial charge in [0, 0.05) is 11.1 Å². The smallest absolute Gasteiger partial charge is 0.323 e. The molecule has 1 unspecified atom stereocenters. The number of hydrogen-bond donors (Lipinski definition) is 2. The number of aliphatic carboxylic acids is 1. The van der Waals surface area contributed by atoms with Crippen LogP contribution < -0.4 is 5.73 Å². The maximum Gasteiger partial charge on any atom is 0.323 e. The topological polar surface area (TPSA) is 72.5 Å². The summed E-state index contributed by atoms with van der Waals surface area (Å²) in [4.78, 5) is 11.6. The average molecular weight is 416 g/mol. The lowest BCUT2D eigenvalue weighted by molar-refractivity contribution is -0.144. The van der Waals surface area contributed by atoms with Gasteiger partial charge in [-0.05, 0) is 34.6 Å². The van der Waals surface area contributed by atoms with Gasteiger partial charge in [0.05, 0.1) is 6.10 Å². The first-order valence-electron chi connectivity index (χ1n) is 10.6. The van der Waals surface area contributed by atoms with Crippen LogP contribution in [0.4, 0.5) is 0 Å². The molecule has 3 atom stereocenters. The van der Waals surface area contributed by atoms with Crippen LogP contribution in [-0.4, -0.2) is 23.2 Å². The Kier molecular flexibility index (Phi) is 5.24. The molecule has 0 saturated carbocycles. The summed E-state index contributed by atoms with van der Waals surface area (Å²) in [6.45, 7) is 8.29. The number of ether oxygens (including phenoxy) is 1. The second kappa shape index (κ2) is 7.63. The van der Waals surface area contributed by atoms with Crippen LogP contribution in [0.25, 0.3) is 11.1 Å². The lowest BCUT2D eigenvalue weighted by Gasteiger charge is -2.37. The highest BCUT2D eigenvalue weighted by Crippen LogP contribution is 2.54. The van der Waals surface area contributed by atoms with E-state index in [1.54, 1.807) is 6.92 Å². The molecule has 0 saturated heterocycles. The van der Waals surface area contributed by atoms with Crippen molar-refractivity contribution in [3.05, 3.63) is 95.1 Å². The van der Waals surface area contributed by atoms with Crippen LogP contribution in [0.5, 0.6) is 0 Å². The molecule has 31 heavy (non-hydrogen) atoms. The van der Waals surface area contributed by atoms with E-state index in [1.807, 2.05) is 42.5 Å². The van der Waals surface area contributed by atoms with Crippen molar-refractivity contribution in [2.45, 2.75) is 50.9 Å². The minimum Gasteiger partial charge on any atom is -0.480 e. The third kappa shape index (κ3) is 3.46. The molecule has 160 valence electrons. The first-order valence-corrected chi connectivity index (χ1v) is 10.6. The Bertz CT molecular complexity index is 1120. The van der Waals surface area contributed by atoms with E-state index in [0.29, 0.717) is 0 Å². The van der Waals surface area contributed by atoms with E-state index in [-0.39, 0.29) is 5.41 Å². The number of hydrogen-bond acceptors (Lipinski definition) is 3. The van der Waals surface area contributed by atoms with Gasteiger partial charge in [0.2, 0.25) is 0 Å². The molecule has 1 aliphatic rings. The summed E-state index contributed by atoms with van der Waals surface area (Å²) in [6, 6.07) is 23.6. The van der Waals surface area contributed by atoms with Gasteiger partial charge in [0.15, 0.2) is 0 Å². The van der Waals surface area contributed by atoms with Gasteiger partial charge in [-0.1, -0.05) is 93.6 Å². The minimum atomic E-state index is -1.14. The van der Waals surface area contributed by atoms with Crippen molar-refractivity contribution >= 4 is 5.97 Å². The molecule has 0 radical (unpaired) electrons. The van der Waals surface area contributed by atoms with Crippen LogP contribution in [0.3, 0.4) is 0 Å². The number of nitrogens with two attached hydrogens (primary N) is 1. The first-order chi connectivity index (χ1) is 14.7. The SMILES string of the molecule is C[C@@H](OC1(c2ccccc2)c2ccccc2-c2ccc(C(C)(C)C)cc21)[C@H](N)C(=O)O. The molecule has 3 aromatic rings. The van der Waals surface area contributed by atoms with Crippen molar-refractivity contribution in [2.24, 2.45) is 5.73 Å². The summed E-state index contributed by atoms with van der Waals surface area (Å²) in [5.74, 6) is -1.08. The highest BCUT2D eigenvalue weighted by molar-refractivity contribution is 5.83. The second-order valence-electron chi connectivity index (χ2n) is 9.29. The summed E-state index contributed by atoms with van der Waals surface area (Å²) in [5.41, 5.74) is 11.4. The van der Waals surface area contributed by atoms with Gasteiger partial charge < -0.3 is 15.6 Å². The molecule has 0 bridgehead atoms. The summed E-state index contributed by atoms with van der Waals surface area (Å²) in [7, 11) is 0. The Morgan fingerprint density at radius 1 is 0.935 bits per heavy atom. The number of benzene rings is 3. The van der Waals surface area contributed by atoms with Crippen LogP contribution in [0.1, 0.15) is 49.9 Å². The molecule has 0 amide bonds. The van der Waals surface area contributed by atoms with Crippen LogP contribution in [0.2, 0.25) is 0 Å².